The number of carbonyl (C=O) groups is 4. The van der Waals surface area contributed by atoms with Gasteiger partial charge in [-0.05, 0) is 24.3 Å². The van der Waals surface area contributed by atoms with Gasteiger partial charge in [0.2, 0.25) is 11.6 Å². The van der Waals surface area contributed by atoms with E-state index in [0.717, 1.165) is 14.2 Å². The molecule has 0 heterocycles. The van der Waals surface area contributed by atoms with Gasteiger partial charge in [-0.15, -0.1) is 0 Å². The van der Waals surface area contributed by atoms with E-state index in [4.69, 9.17) is 23.2 Å². The molecule has 144 valence electrons. The Labute approximate surface area is 170 Å². The third-order valence-corrected chi connectivity index (χ3v) is 4.13. The van der Waals surface area contributed by atoms with Gasteiger partial charge in [0.15, 0.2) is 0 Å². The standard InChI is InChI=1S/C20H14Cl2O6/c1-27-19(25)15(17(23)11-5-3-7-13(21)9-11)16(20(26)28-2)18(24)12-6-4-8-14(22)10-12/h3-10H,1-2H3/b16-15-. The zero-order valence-electron chi connectivity index (χ0n) is 14.8. The van der Waals surface area contributed by atoms with Crippen molar-refractivity contribution < 1.29 is 28.7 Å². The van der Waals surface area contributed by atoms with Gasteiger partial charge in [-0.25, -0.2) is 9.59 Å². The number of methoxy groups -OCH3 is 2. The zero-order valence-corrected chi connectivity index (χ0v) is 16.3. The monoisotopic (exact) mass is 420 g/mol. The summed E-state index contributed by atoms with van der Waals surface area (Å²) in [5.74, 6) is -4.16. The summed E-state index contributed by atoms with van der Waals surface area (Å²) in [6, 6.07) is 11.4. The highest BCUT2D eigenvalue weighted by Gasteiger charge is 2.34. The Kier molecular flexibility index (Phi) is 7.09. The van der Waals surface area contributed by atoms with Gasteiger partial charge in [0.25, 0.3) is 0 Å². The normalized spacial score (nSPS) is 11.3. The minimum atomic E-state index is -1.17. The van der Waals surface area contributed by atoms with Crippen LogP contribution in [0.5, 0.6) is 0 Å². The van der Waals surface area contributed by atoms with Gasteiger partial charge in [0.1, 0.15) is 11.1 Å². The second-order valence-electron chi connectivity index (χ2n) is 5.41. The van der Waals surface area contributed by atoms with Gasteiger partial charge in [-0.2, -0.15) is 0 Å². The Bertz CT molecular complexity index is 914. The summed E-state index contributed by atoms with van der Waals surface area (Å²) in [7, 11) is 2.04. The molecule has 0 saturated carbocycles. The minimum Gasteiger partial charge on any atom is -0.465 e. The maximum Gasteiger partial charge on any atom is 0.342 e. The number of Topliss-reactive ketones (excluding diaryl/α,β-unsaturated/α-hetero) is 2. The fourth-order valence-electron chi connectivity index (χ4n) is 2.37. The lowest BCUT2D eigenvalue weighted by molar-refractivity contribution is -0.138. The maximum atomic E-state index is 13.0. The average molecular weight is 421 g/mol. The van der Waals surface area contributed by atoms with E-state index < -0.39 is 34.7 Å². The number of hydrogen-bond acceptors (Lipinski definition) is 6. The number of esters is 2. The van der Waals surface area contributed by atoms with Gasteiger partial charge in [-0.1, -0.05) is 47.5 Å². The quantitative estimate of drug-likeness (QED) is 0.233. The Morgan fingerprint density at radius 3 is 1.32 bits per heavy atom. The minimum absolute atomic E-state index is 0.00630. The lowest BCUT2D eigenvalue weighted by atomic mass is 9.93. The van der Waals surface area contributed by atoms with Crippen molar-refractivity contribution in [3.8, 4) is 0 Å². The molecule has 0 aliphatic carbocycles. The molecule has 0 radical (unpaired) electrons. The van der Waals surface area contributed by atoms with Crippen molar-refractivity contribution in [3.05, 3.63) is 80.8 Å². The summed E-state index contributed by atoms with van der Waals surface area (Å²) >= 11 is 11.8. The third-order valence-electron chi connectivity index (χ3n) is 3.66. The van der Waals surface area contributed by atoms with Crippen LogP contribution in [-0.4, -0.2) is 37.7 Å². The van der Waals surface area contributed by atoms with Crippen LogP contribution >= 0.6 is 23.2 Å². The number of hydrogen-bond donors (Lipinski definition) is 0. The lowest BCUT2D eigenvalue weighted by Gasteiger charge is -2.12. The molecule has 0 N–H and O–H groups in total. The van der Waals surface area contributed by atoms with E-state index in [1.807, 2.05) is 0 Å². The number of halogens is 2. The smallest absolute Gasteiger partial charge is 0.342 e. The molecular formula is C20H14Cl2O6. The Balaban J connectivity index is 2.75. The number of benzene rings is 2. The van der Waals surface area contributed by atoms with Gasteiger partial charge >= 0.3 is 11.9 Å². The van der Waals surface area contributed by atoms with E-state index in [0.29, 0.717) is 0 Å². The molecule has 0 fully saturated rings. The molecule has 28 heavy (non-hydrogen) atoms. The van der Waals surface area contributed by atoms with Crippen molar-refractivity contribution in [3.63, 3.8) is 0 Å². The van der Waals surface area contributed by atoms with Gasteiger partial charge in [-0.3, -0.25) is 9.59 Å². The number of ether oxygens (including phenoxy) is 2. The predicted octanol–water partition coefficient (Wildman–Crippen LogP) is 3.70. The molecule has 0 aliphatic heterocycles. The van der Waals surface area contributed by atoms with Crippen molar-refractivity contribution in [1.29, 1.82) is 0 Å². The molecular weight excluding hydrogens is 407 g/mol. The number of ketones is 2. The summed E-state index contributed by atoms with van der Waals surface area (Å²) in [6.45, 7) is 0. The van der Waals surface area contributed by atoms with E-state index in [2.05, 4.69) is 9.47 Å². The van der Waals surface area contributed by atoms with Crippen molar-refractivity contribution in [2.45, 2.75) is 0 Å². The fourth-order valence-corrected chi connectivity index (χ4v) is 2.75. The van der Waals surface area contributed by atoms with E-state index in [1.54, 1.807) is 0 Å². The Hall–Kier alpha value is -2.96. The summed E-state index contributed by atoms with van der Waals surface area (Å²) < 4.78 is 9.27. The maximum absolute atomic E-state index is 13.0. The van der Waals surface area contributed by atoms with Crippen LogP contribution in [0.2, 0.25) is 10.0 Å². The SMILES string of the molecule is COC(=O)/C(C(=O)c1cccc(Cl)c1)=C(\C(=O)OC)C(=O)c1cccc(Cl)c1. The zero-order chi connectivity index (χ0) is 20.8. The highest BCUT2D eigenvalue weighted by atomic mass is 35.5. The summed E-state index contributed by atoms with van der Waals surface area (Å²) in [5.41, 5.74) is -1.54. The van der Waals surface area contributed by atoms with Crippen LogP contribution in [-0.2, 0) is 19.1 Å². The third kappa shape index (κ3) is 4.65. The van der Waals surface area contributed by atoms with Crippen LogP contribution in [0.3, 0.4) is 0 Å². The number of rotatable bonds is 6. The highest BCUT2D eigenvalue weighted by Crippen LogP contribution is 2.22. The van der Waals surface area contributed by atoms with E-state index in [1.165, 1.54) is 48.5 Å². The van der Waals surface area contributed by atoms with Crippen LogP contribution in [0.4, 0.5) is 0 Å². The first-order chi connectivity index (χ1) is 13.3. The van der Waals surface area contributed by atoms with E-state index in [9.17, 15) is 19.2 Å². The molecule has 2 rings (SSSR count). The molecule has 2 aromatic rings. The highest BCUT2D eigenvalue weighted by molar-refractivity contribution is 6.37. The molecule has 0 aliphatic rings. The summed E-state index contributed by atoms with van der Waals surface area (Å²) in [5, 5.41) is 0.465. The molecule has 0 amide bonds. The molecule has 2 aromatic carbocycles. The average Bonchev–Trinajstić information content (AvgIpc) is 2.69. The Morgan fingerprint density at radius 2 is 1.04 bits per heavy atom. The molecule has 6 nitrogen and oxygen atoms in total. The van der Waals surface area contributed by atoms with Gasteiger partial charge in [0, 0.05) is 21.2 Å². The predicted molar refractivity (Wildman–Crippen MR) is 103 cm³/mol. The molecule has 0 bridgehead atoms. The number of carbonyl (C=O) groups excluding carboxylic acids is 4. The van der Waals surface area contributed by atoms with Crippen LogP contribution < -0.4 is 0 Å². The van der Waals surface area contributed by atoms with Crippen LogP contribution in [0.15, 0.2) is 59.7 Å². The first kappa shape index (κ1) is 21.3. The van der Waals surface area contributed by atoms with Crippen LogP contribution in [0.25, 0.3) is 0 Å². The molecule has 8 heteroatoms. The lowest BCUT2D eigenvalue weighted by Crippen LogP contribution is -2.26. The van der Waals surface area contributed by atoms with E-state index in [-0.39, 0.29) is 21.2 Å². The van der Waals surface area contributed by atoms with Gasteiger partial charge < -0.3 is 9.47 Å². The molecule has 0 aromatic heterocycles. The van der Waals surface area contributed by atoms with Crippen molar-refractivity contribution >= 4 is 46.7 Å². The largest absolute Gasteiger partial charge is 0.465 e. The first-order valence-electron chi connectivity index (χ1n) is 7.81. The van der Waals surface area contributed by atoms with Crippen LogP contribution in [0, 0.1) is 0 Å². The second-order valence-corrected chi connectivity index (χ2v) is 6.28. The fraction of sp³-hybridized carbons (Fsp3) is 0.100. The van der Waals surface area contributed by atoms with Crippen molar-refractivity contribution in [2.24, 2.45) is 0 Å². The molecule has 0 unspecified atom stereocenters. The van der Waals surface area contributed by atoms with Crippen molar-refractivity contribution in [2.75, 3.05) is 14.2 Å². The molecule has 0 spiro atoms. The van der Waals surface area contributed by atoms with Crippen molar-refractivity contribution in [1.82, 2.24) is 0 Å². The Morgan fingerprint density at radius 1 is 0.679 bits per heavy atom. The topological polar surface area (TPSA) is 86.7 Å². The van der Waals surface area contributed by atoms with E-state index >= 15 is 0 Å². The summed E-state index contributed by atoms with van der Waals surface area (Å²) in [6.07, 6.45) is 0. The van der Waals surface area contributed by atoms with Gasteiger partial charge in [0.05, 0.1) is 14.2 Å². The first-order valence-corrected chi connectivity index (χ1v) is 8.57. The summed E-state index contributed by atoms with van der Waals surface area (Å²) in [4.78, 5) is 50.6. The molecule has 0 saturated heterocycles. The molecule has 0 atom stereocenters. The van der Waals surface area contributed by atoms with Crippen LogP contribution in [0.1, 0.15) is 20.7 Å². The second kappa shape index (κ2) is 9.30.